The van der Waals surface area contributed by atoms with E-state index in [1.165, 1.54) is 12.0 Å². The summed E-state index contributed by atoms with van der Waals surface area (Å²) in [6, 6.07) is 7.14. The quantitative estimate of drug-likeness (QED) is 0.393. The van der Waals surface area contributed by atoms with Crippen LogP contribution in [0.2, 0.25) is 0 Å². The summed E-state index contributed by atoms with van der Waals surface area (Å²) in [7, 11) is 3.37. The first-order valence-electron chi connectivity index (χ1n) is 8.17. The van der Waals surface area contributed by atoms with Gasteiger partial charge in [-0.25, -0.2) is 4.79 Å². The molecule has 27 heavy (non-hydrogen) atoms. The van der Waals surface area contributed by atoms with Crippen LogP contribution in [0.1, 0.15) is 18.0 Å². The lowest BCUT2D eigenvalue weighted by Gasteiger charge is -2.33. The van der Waals surface area contributed by atoms with Crippen LogP contribution in [-0.4, -0.2) is 62.9 Å². The predicted molar refractivity (Wildman–Crippen MR) is 90.3 cm³/mol. The van der Waals surface area contributed by atoms with E-state index < -0.39 is 48.4 Å². The number of carbonyl (C=O) groups excluding carboxylic acids is 4. The predicted octanol–water partition coefficient (Wildman–Crippen LogP) is 1.07. The van der Waals surface area contributed by atoms with Gasteiger partial charge >= 0.3 is 24.0 Å². The van der Waals surface area contributed by atoms with Crippen molar-refractivity contribution in [1.29, 1.82) is 0 Å². The second kappa shape index (κ2) is 9.02. The highest BCUT2D eigenvalue weighted by Gasteiger charge is 2.49. The van der Waals surface area contributed by atoms with Crippen molar-refractivity contribution in [3.05, 3.63) is 35.9 Å². The third-order valence-corrected chi connectivity index (χ3v) is 4.35. The molecule has 0 aliphatic carbocycles. The van der Waals surface area contributed by atoms with E-state index in [1.54, 1.807) is 24.3 Å². The number of ether oxygens (including phenoxy) is 4. The number of esters is 3. The summed E-state index contributed by atoms with van der Waals surface area (Å²) in [5, 5.41) is 0. The second-order valence-corrected chi connectivity index (χ2v) is 5.78. The Morgan fingerprint density at radius 2 is 1.67 bits per heavy atom. The summed E-state index contributed by atoms with van der Waals surface area (Å²) in [5.41, 5.74) is 0.728. The Labute approximate surface area is 156 Å². The highest BCUT2D eigenvalue weighted by atomic mass is 16.6. The second-order valence-electron chi connectivity index (χ2n) is 5.78. The monoisotopic (exact) mass is 379 g/mol. The van der Waals surface area contributed by atoms with Crippen LogP contribution >= 0.6 is 0 Å². The fourth-order valence-electron chi connectivity index (χ4n) is 3.03. The van der Waals surface area contributed by atoms with Crippen molar-refractivity contribution in [3.8, 4) is 0 Å². The zero-order valence-electron chi connectivity index (χ0n) is 15.2. The maximum atomic E-state index is 12.4. The molecule has 1 aromatic rings. The molecule has 2 atom stereocenters. The molecule has 0 aromatic heterocycles. The molecule has 1 amide bonds. The normalized spacial score (nSPS) is 17.3. The van der Waals surface area contributed by atoms with Crippen LogP contribution in [0.3, 0.4) is 0 Å². The summed E-state index contributed by atoms with van der Waals surface area (Å²) < 4.78 is 19.2. The van der Waals surface area contributed by atoms with Crippen LogP contribution in [0.15, 0.2) is 30.3 Å². The first kappa shape index (κ1) is 20.2. The van der Waals surface area contributed by atoms with Gasteiger partial charge in [0.15, 0.2) is 5.92 Å². The fourth-order valence-corrected chi connectivity index (χ4v) is 3.03. The van der Waals surface area contributed by atoms with Gasteiger partial charge in [-0.15, -0.1) is 0 Å². The van der Waals surface area contributed by atoms with Crippen LogP contribution in [0.25, 0.3) is 0 Å². The van der Waals surface area contributed by atoms with Crippen molar-refractivity contribution >= 4 is 24.0 Å². The number of rotatable bonds is 7. The van der Waals surface area contributed by atoms with Crippen LogP contribution in [0.4, 0.5) is 4.79 Å². The smallest absolute Gasteiger partial charge is 0.410 e. The Hall–Kier alpha value is -3.10. The van der Waals surface area contributed by atoms with Gasteiger partial charge in [0, 0.05) is 0 Å². The minimum atomic E-state index is -1.53. The summed E-state index contributed by atoms with van der Waals surface area (Å²) in [6.07, 6.45) is -1.17. The average Bonchev–Trinajstić information content (AvgIpc) is 3.08. The molecule has 9 nitrogen and oxygen atoms in total. The maximum Gasteiger partial charge on any atom is 0.410 e. The van der Waals surface area contributed by atoms with Crippen molar-refractivity contribution in [1.82, 2.24) is 4.90 Å². The van der Waals surface area contributed by atoms with E-state index >= 15 is 0 Å². The van der Waals surface area contributed by atoms with E-state index in [0.717, 1.165) is 19.8 Å². The van der Waals surface area contributed by atoms with Crippen LogP contribution in [-0.2, 0) is 33.3 Å². The minimum Gasteiger partial charge on any atom is -0.469 e. The van der Waals surface area contributed by atoms with Gasteiger partial charge in [0.25, 0.3) is 0 Å². The van der Waals surface area contributed by atoms with Crippen molar-refractivity contribution in [3.63, 3.8) is 0 Å². The molecule has 0 bridgehead atoms. The molecule has 2 rings (SSSR count). The Morgan fingerprint density at radius 3 is 2.19 bits per heavy atom. The van der Waals surface area contributed by atoms with E-state index in [-0.39, 0.29) is 6.61 Å². The van der Waals surface area contributed by atoms with Gasteiger partial charge in [-0.3, -0.25) is 19.3 Å². The molecular weight excluding hydrogens is 358 g/mol. The molecule has 0 saturated carbocycles. The molecule has 1 aliphatic rings. The number of cyclic esters (lactones) is 1. The van der Waals surface area contributed by atoms with E-state index in [4.69, 9.17) is 14.2 Å². The van der Waals surface area contributed by atoms with Crippen molar-refractivity contribution in [2.24, 2.45) is 5.92 Å². The highest BCUT2D eigenvalue weighted by Crippen LogP contribution is 2.34. The Kier molecular flexibility index (Phi) is 6.75. The Bertz CT molecular complexity index is 689. The van der Waals surface area contributed by atoms with E-state index in [9.17, 15) is 19.2 Å². The summed E-state index contributed by atoms with van der Waals surface area (Å²) >= 11 is 0. The third kappa shape index (κ3) is 4.36. The third-order valence-electron chi connectivity index (χ3n) is 4.35. The van der Waals surface area contributed by atoms with Crippen molar-refractivity contribution < 1.29 is 38.1 Å². The zero-order chi connectivity index (χ0) is 20.0. The van der Waals surface area contributed by atoms with E-state index in [2.05, 4.69) is 4.74 Å². The molecule has 1 unspecified atom stereocenters. The molecule has 1 aliphatic heterocycles. The fraction of sp³-hybridized carbons (Fsp3) is 0.444. The maximum absolute atomic E-state index is 12.4. The van der Waals surface area contributed by atoms with Crippen molar-refractivity contribution in [2.45, 2.75) is 18.5 Å². The van der Waals surface area contributed by atoms with Crippen LogP contribution in [0.5, 0.6) is 0 Å². The number of benzene rings is 1. The molecular formula is C18H21NO8. The van der Waals surface area contributed by atoms with Crippen LogP contribution < -0.4 is 0 Å². The number of hydrogen-bond donors (Lipinski definition) is 0. The number of hydrogen-bond acceptors (Lipinski definition) is 8. The van der Waals surface area contributed by atoms with E-state index in [0.29, 0.717) is 0 Å². The van der Waals surface area contributed by atoms with Gasteiger partial charge in [-0.1, -0.05) is 30.3 Å². The van der Waals surface area contributed by atoms with Gasteiger partial charge in [0.1, 0.15) is 6.61 Å². The molecule has 1 fully saturated rings. The molecule has 0 N–H and O–H groups in total. The highest BCUT2D eigenvalue weighted by molar-refractivity contribution is 5.97. The standard InChI is InChI=1S/C18H21NO8/c1-24-14(20)9-12(15(16(21)25-2)17(22)26-3)19-13(10-27-18(19)23)11-7-5-4-6-8-11/h4-8,12-13,15H,9-10H2,1-3H3/t12?,13-/m0/s1. The molecule has 1 saturated heterocycles. The average molecular weight is 379 g/mol. The molecule has 146 valence electrons. The number of amides is 1. The number of nitrogens with zero attached hydrogens (tertiary/aromatic N) is 1. The first-order chi connectivity index (χ1) is 12.9. The molecule has 1 heterocycles. The lowest BCUT2D eigenvalue weighted by atomic mass is 9.93. The van der Waals surface area contributed by atoms with Gasteiger partial charge < -0.3 is 18.9 Å². The molecule has 9 heteroatoms. The first-order valence-corrected chi connectivity index (χ1v) is 8.17. The molecule has 1 aromatic carbocycles. The van der Waals surface area contributed by atoms with Gasteiger partial charge in [-0.2, -0.15) is 0 Å². The van der Waals surface area contributed by atoms with E-state index in [1.807, 2.05) is 6.07 Å². The summed E-state index contributed by atoms with van der Waals surface area (Å²) in [4.78, 5) is 50.1. The zero-order valence-corrected chi connectivity index (χ0v) is 15.2. The summed E-state index contributed by atoms with van der Waals surface area (Å²) in [6.45, 7) is 0.00951. The number of carbonyl (C=O) groups is 4. The lowest BCUT2D eigenvalue weighted by molar-refractivity contribution is -0.162. The topological polar surface area (TPSA) is 108 Å². The Morgan fingerprint density at radius 1 is 1.07 bits per heavy atom. The minimum absolute atomic E-state index is 0.00951. The van der Waals surface area contributed by atoms with Gasteiger partial charge in [0.05, 0.1) is 39.8 Å². The molecule has 0 spiro atoms. The molecule has 0 radical (unpaired) electrons. The number of methoxy groups -OCH3 is 3. The lowest BCUT2D eigenvalue weighted by Crippen LogP contribution is -2.50. The largest absolute Gasteiger partial charge is 0.469 e. The Balaban J connectivity index is 2.49. The summed E-state index contributed by atoms with van der Waals surface area (Å²) in [5.74, 6) is -4.09. The van der Waals surface area contributed by atoms with Gasteiger partial charge in [-0.05, 0) is 5.56 Å². The van der Waals surface area contributed by atoms with Crippen molar-refractivity contribution in [2.75, 3.05) is 27.9 Å². The SMILES string of the molecule is COC(=O)CC(C(C(=O)OC)C(=O)OC)N1C(=O)OC[C@H]1c1ccccc1. The van der Waals surface area contributed by atoms with Crippen LogP contribution in [0, 0.1) is 5.92 Å². The van der Waals surface area contributed by atoms with Gasteiger partial charge in [0.2, 0.25) is 0 Å².